The fourth-order valence-electron chi connectivity index (χ4n) is 3.96. The molecule has 4 rings (SSSR count). The van der Waals surface area contributed by atoms with Crippen LogP contribution in [0.4, 0.5) is 4.79 Å². The molecule has 1 N–H and O–H groups in total. The first-order chi connectivity index (χ1) is 17.1. The lowest BCUT2D eigenvalue weighted by atomic mass is 10.1. The maximum Gasteiger partial charge on any atom is 0.421 e. The largest absolute Gasteiger partial charge is 0.464 e. The molecule has 0 atom stereocenters. The van der Waals surface area contributed by atoms with Gasteiger partial charge in [-0.1, -0.05) is 48.4 Å². The number of hydrogen-bond acceptors (Lipinski definition) is 5. The van der Waals surface area contributed by atoms with Crippen molar-refractivity contribution in [1.82, 2.24) is 13.9 Å². The van der Waals surface area contributed by atoms with Gasteiger partial charge in [-0.05, 0) is 55.3 Å². The Labute approximate surface area is 214 Å². The van der Waals surface area contributed by atoms with Crippen molar-refractivity contribution in [3.05, 3.63) is 88.2 Å². The van der Waals surface area contributed by atoms with Gasteiger partial charge >= 0.3 is 6.09 Å². The molecule has 0 saturated heterocycles. The zero-order valence-corrected chi connectivity index (χ0v) is 21.2. The van der Waals surface area contributed by atoms with Crippen molar-refractivity contribution < 1.29 is 18.3 Å². The number of rotatable bonds is 7. The predicted octanol–water partition coefficient (Wildman–Crippen LogP) is 5.33. The van der Waals surface area contributed by atoms with Gasteiger partial charge in [0.25, 0.3) is 10.0 Å². The molecule has 1 heterocycles. The molecular weight excluding hydrogens is 500 g/mol. The number of nitriles is 1. The molecule has 1 aromatic heterocycles. The monoisotopic (exact) mass is 522 g/mol. The van der Waals surface area contributed by atoms with Gasteiger partial charge in [0.05, 0.1) is 26.5 Å². The summed E-state index contributed by atoms with van der Waals surface area (Å²) in [6.07, 6.45) is -0.668. The number of benzene rings is 3. The van der Waals surface area contributed by atoms with Gasteiger partial charge in [-0.25, -0.2) is 22.5 Å². The number of amides is 1. The Kier molecular flexibility index (Phi) is 7.02. The molecule has 0 saturated carbocycles. The Morgan fingerprint density at radius 3 is 2.39 bits per heavy atom. The summed E-state index contributed by atoms with van der Waals surface area (Å²) in [6.45, 7) is 3.59. The second-order valence-electron chi connectivity index (χ2n) is 8.24. The topological polar surface area (TPSA) is 116 Å². The summed E-state index contributed by atoms with van der Waals surface area (Å²) >= 11 is 6.26. The lowest BCUT2D eigenvalue weighted by molar-refractivity contribution is 0.172. The predicted molar refractivity (Wildman–Crippen MR) is 137 cm³/mol. The summed E-state index contributed by atoms with van der Waals surface area (Å²) < 4.78 is 28.2. The van der Waals surface area contributed by atoms with Gasteiger partial charge in [-0.3, -0.25) is 4.57 Å². The van der Waals surface area contributed by atoms with Crippen molar-refractivity contribution in [2.45, 2.75) is 31.6 Å². The highest BCUT2D eigenvalue weighted by atomic mass is 35.5. The van der Waals surface area contributed by atoms with E-state index in [1.54, 1.807) is 24.3 Å². The molecule has 0 bridgehead atoms. The number of hydrogen-bond donors (Lipinski definition) is 1. The molecule has 0 fully saturated rings. The van der Waals surface area contributed by atoms with Crippen molar-refractivity contribution in [3.8, 4) is 11.8 Å². The average Bonchev–Trinajstić information content (AvgIpc) is 3.21. The molecule has 1 amide bonds. The van der Waals surface area contributed by atoms with Crippen LogP contribution < -0.4 is 0 Å². The van der Waals surface area contributed by atoms with Crippen LogP contribution in [0.25, 0.3) is 16.7 Å². The van der Waals surface area contributed by atoms with Crippen LogP contribution in [-0.4, -0.2) is 40.0 Å². The molecule has 0 radical (unpaired) electrons. The average molecular weight is 523 g/mol. The molecule has 10 heteroatoms. The molecule has 0 spiro atoms. The number of fused-ring (bicyclic) bond motifs is 1. The zero-order chi connectivity index (χ0) is 26.0. The van der Waals surface area contributed by atoms with Crippen LogP contribution in [-0.2, 0) is 22.9 Å². The van der Waals surface area contributed by atoms with Crippen LogP contribution >= 0.6 is 11.6 Å². The van der Waals surface area contributed by atoms with Crippen molar-refractivity contribution in [2.75, 3.05) is 6.54 Å². The van der Waals surface area contributed by atoms with Crippen LogP contribution in [0.3, 0.4) is 0 Å². The fourth-order valence-corrected chi connectivity index (χ4v) is 5.43. The number of sulfonamides is 1. The van der Waals surface area contributed by atoms with E-state index in [9.17, 15) is 23.6 Å². The lowest BCUT2D eigenvalue weighted by Gasteiger charge is -2.19. The number of imidazole rings is 1. The van der Waals surface area contributed by atoms with Gasteiger partial charge in [-0.15, -0.1) is 0 Å². The molecule has 184 valence electrons. The van der Waals surface area contributed by atoms with Crippen LogP contribution in [0.15, 0.2) is 65.6 Å². The van der Waals surface area contributed by atoms with Gasteiger partial charge in [0.15, 0.2) is 0 Å². The Balaban J connectivity index is 1.59. The van der Waals surface area contributed by atoms with Gasteiger partial charge in [0, 0.05) is 18.7 Å². The molecule has 0 aliphatic heterocycles. The highest BCUT2D eigenvalue weighted by molar-refractivity contribution is 7.89. The molecule has 3 aromatic carbocycles. The normalized spacial score (nSPS) is 11.4. The number of aryl methyl sites for hydroxylation is 2. The number of nitrogens with zero attached hydrogens (tertiary/aromatic N) is 4. The molecule has 4 aromatic rings. The highest BCUT2D eigenvalue weighted by Gasteiger charge is 2.28. The molecule has 0 unspecified atom stereocenters. The summed E-state index contributed by atoms with van der Waals surface area (Å²) in [4.78, 5) is 16.4. The first kappa shape index (κ1) is 25.2. The second-order valence-corrected chi connectivity index (χ2v) is 10.5. The third-order valence-corrected chi connectivity index (χ3v) is 7.97. The summed E-state index contributed by atoms with van der Waals surface area (Å²) in [5.74, 6) is 0.796. The third kappa shape index (κ3) is 4.78. The maximum absolute atomic E-state index is 12.9. The quantitative estimate of drug-likeness (QED) is 0.350. The van der Waals surface area contributed by atoms with Crippen molar-refractivity contribution in [3.63, 3.8) is 0 Å². The van der Waals surface area contributed by atoms with E-state index in [0.29, 0.717) is 26.8 Å². The minimum absolute atomic E-state index is 0.0665. The van der Waals surface area contributed by atoms with E-state index >= 15 is 0 Å². The number of carboxylic acid groups (broad SMARTS) is 1. The first-order valence-corrected chi connectivity index (χ1v) is 13.0. The first-order valence-electron chi connectivity index (χ1n) is 11.2. The standard InChI is InChI=1S/C26H23ClN4O4S/c1-3-25-29-23-14-19(16-28)22(27)15-24(23)31(25)20-8-6-18(7-9-20)12-13-30(26(32)33)36(34,35)21-10-4-17(2)5-11-21/h4-11,14-15H,3,12-13H2,1-2H3,(H,32,33). The number of aromatic nitrogens is 2. The minimum atomic E-state index is -4.19. The van der Waals surface area contributed by atoms with E-state index in [-0.39, 0.29) is 17.9 Å². The smallest absolute Gasteiger partial charge is 0.421 e. The van der Waals surface area contributed by atoms with Gasteiger partial charge in [0.2, 0.25) is 0 Å². The number of carbonyl (C=O) groups is 1. The Morgan fingerprint density at radius 2 is 1.81 bits per heavy atom. The summed E-state index contributed by atoms with van der Waals surface area (Å²) in [7, 11) is -4.19. The summed E-state index contributed by atoms with van der Waals surface area (Å²) in [5, 5.41) is 19.2. The SMILES string of the molecule is CCc1nc2cc(C#N)c(Cl)cc2n1-c1ccc(CCN(C(=O)O)S(=O)(=O)c2ccc(C)cc2)cc1. The van der Waals surface area contributed by atoms with Crippen molar-refractivity contribution in [2.24, 2.45) is 0 Å². The molecule has 0 aliphatic carbocycles. The summed E-state index contributed by atoms with van der Waals surface area (Å²) in [5.41, 5.74) is 4.26. The highest BCUT2D eigenvalue weighted by Crippen LogP contribution is 2.28. The minimum Gasteiger partial charge on any atom is -0.464 e. The zero-order valence-electron chi connectivity index (χ0n) is 19.6. The van der Waals surface area contributed by atoms with Crippen LogP contribution in [0, 0.1) is 18.3 Å². The molecular formula is C26H23ClN4O4S. The van der Waals surface area contributed by atoms with Gasteiger partial charge < -0.3 is 5.11 Å². The lowest BCUT2D eigenvalue weighted by Crippen LogP contribution is -2.37. The van der Waals surface area contributed by atoms with E-state index in [4.69, 9.17) is 11.6 Å². The van der Waals surface area contributed by atoms with Crippen LogP contribution in [0.5, 0.6) is 0 Å². The van der Waals surface area contributed by atoms with Crippen LogP contribution in [0.2, 0.25) is 5.02 Å². The van der Waals surface area contributed by atoms with Gasteiger partial charge in [0.1, 0.15) is 11.9 Å². The Morgan fingerprint density at radius 1 is 1.14 bits per heavy atom. The van der Waals surface area contributed by atoms with E-state index in [1.165, 1.54) is 12.1 Å². The molecule has 0 aliphatic rings. The molecule has 8 nitrogen and oxygen atoms in total. The maximum atomic E-state index is 12.9. The number of halogens is 1. The van der Waals surface area contributed by atoms with Crippen molar-refractivity contribution in [1.29, 1.82) is 5.26 Å². The van der Waals surface area contributed by atoms with E-state index in [2.05, 4.69) is 11.1 Å². The van der Waals surface area contributed by atoms with E-state index < -0.39 is 16.1 Å². The molecule has 36 heavy (non-hydrogen) atoms. The third-order valence-electron chi connectivity index (χ3n) is 5.87. The van der Waals surface area contributed by atoms with Crippen LogP contribution in [0.1, 0.15) is 29.4 Å². The second kappa shape index (κ2) is 10.0. The van der Waals surface area contributed by atoms with E-state index in [0.717, 1.165) is 28.2 Å². The Bertz CT molecular complexity index is 1590. The van der Waals surface area contributed by atoms with E-state index in [1.807, 2.05) is 42.7 Å². The fraction of sp³-hybridized carbons (Fsp3) is 0.192. The van der Waals surface area contributed by atoms with Crippen molar-refractivity contribution >= 4 is 38.8 Å². The van der Waals surface area contributed by atoms with Gasteiger partial charge in [-0.2, -0.15) is 5.26 Å². The summed E-state index contributed by atoms with van der Waals surface area (Å²) in [6, 6.07) is 18.9. The Hall–Kier alpha value is -3.87.